The summed E-state index contributed by atoms with van der Waals surface area (Å²) < 4.78 is 30.7. The highest BCUT2D eigenvalue weighted by molar-refractivity contribution is 7.89. The van der Waals surface area contributed by atoms with Crippen LogP contribution in [0.2, 0.25) is 0 Å². The third-order valence-electron chi connectivity index (χ3n) is 6.11. The average Bonchev–Trinajstić information content (AvgIpc) is 3.15. The Morgan fingerprint density at radius 1 is 1.21 bits per heavy atom. The van der Waals surface area contributed by atoms with E-state index in [1.807, 2.05) is 11.5 Å². The molecule has 1 aliphatic rings. The molecule has 2 heterocycles. The van der Waals surface area contributed by atoms with Gasteiger partial charge in [-0.2, -0.15) is 9.30 Å². The standard InChI is InChI=1S/C25H29N3O3S2/c1-4-15-27-22-14-9-19(5-2)17-23(22)32-25(27)26-24(29)20-10-12-21(13-11-20)33(30,31)28-16-7-6-8-18(28)3/h4,9-14,17-18H,1,5-8,15-16H2,2-3H3. The van der Waals surface area contributed by atoms with E-state index in [0.29, 0.717) is 23.5 Å². The molecule has 0 spiro atoms. The summed E-state index contributed by atoms with van der Waals surface area (Å²) in [5.74, 6) is -0.398. The van der Waals surface area contributed by atoms with Crippen LogP contribution in [0.3, 0.4) is 0 Å². The fourth-order valence-electron chi connectivity index (χ4n) is 4.21. The van der Waals surface area contributed by atoms with E-state index in [4.69, 9.17) is 0 Å². The fraction of sp³-hybridized carbons (Fsp3) is 0.360. The zero-order chi connectivity index (χ0) is 23.6. The molecule has 8 heteroatoms. The molecule has 33 heavy (non-hydrogen) atoms. The molecule has 1 fully saturated rings. The molecule has 2 aromatic carbocycles. The van der Waals surface area contributed by atoms with Crippen LogP contribution in [0.15, 0.2) is 65.0 Å². The summed E-state index contributed by atoms with van der Waals surface area (Å²) in [7, 11) is -3.57. The molecule has 1 amide bonds. The first kappa shape index (κ1) is 23.6. The summed E-state index contributed by atoms with van der Waals surface area (Å²) in [6.45, 7) is 8.96. The zero-order valence-electron chi connectivity index (χ0n) is 19.0. The molecular weight excluding hydrogens is 454 g/mol. The van der Waals surface area contributed by atoms with E-state index in [1.54, 1.807) is 22.5 Å². The van der Waals surface area contributed by atoms with Crippen molar-refractivity contribution >= 4 is 37.5 Å². The molecule has 1 unspecified atom stereocenters. The molecule has 0 N–H and O–H groups in total. The average molecular weight is 484 g/mol. The second-order valence-corrected chi connectivity index (χ2v) is 11.2. The van der Waals surface area contributed by atoms with Gasteiger partial charge in [0.1, 0.15) is 0 Å². The minimum Gasteiger partial charge on any atom is -0.312 e. The highest BCUT2D eigenvalue weighted by Crippen LogP contribution is 2.25. The number of carbonyl (C=O) groups excluding carboxylic acids is 1. The third kappa shape index (κ3) is 4.74. The van der Waals surface area contributed by atoms with E-state index < -0.39 is 15.9 Å². The van der Waals surface area contributed by atoms with Crippen LogP contribution < -0.4 is 4.80 Å². The van der Waals surface area contributed by atoms with Gasteiger partial charge in [-0.05, 0) is 68.1 Å². The molecule has 6 nitrogen and oxygen atoms in total. The van der Waals surface area contributed by atoms with Crippen LogP contribution in [0.1, 0.15) is 49.0 Å². The molecule has 1 saturated heterocycles. The maximum absolute atomic E-state index is 13.0. The number of hydrogen-bond donors (Lipinski definition) is 0. The monoisotopic (exact) mass is 483 g/mol. The number of allylic oxidation sites excluding steroid dienone is 1. The van der Waals surface area contributed by atoms with Crippen molar-refractivity contribution in [1.82, 2.24) is 8.87 Å². The Labute approximate surface area is 199 Å². The number of fused-ring (bicyclic) bond motifs is 1. The Bertz CT molecular complexity index is 1350. The van der Waals surface area contributed by atoms with Crippen LogP contribution in [0.5, 0.6) is 0 Å². The van der Waals surface area contributed by atoms with Crippen LogP contribution in [0.4, 0.5) is 0 Å². The number of piperidine rings is 1. The number of thiazole rings is 1. The van der Waals surface area contributed by atoms with Gasteiger partial charge in [0.15, 0.2) is 4.80 Å². The summed E-state index contributed by atoms with van der Waals surface area (Å²) in [4.78, 5) is 18.1. The molecule has 0 aliphatic carbocycles. The van der Waals surface area contributed by atoms with E-state index in [1.165, 1.54) is 29.0 Å². The Kier molecular flexibility index (Phi) is 6.97. The lowest BCUT2D eigenvalue weighted by atomic mass is 10.1. The van der Waals surface area contributed by atoms with E-state index >= 15 is 0 Å². The smallest absolute Gasteiger partial charge is 0.279 e. The number of benzene rings is 2. The van der Waals surface area contributed by atoms with Crippen molar-refractivity contribution in [3.63, 3.8) is 0 Å². The number of carbonyl (C=O) groups is 1. The second-order valence-electron chi connectivity index (χ2n) is 8.34. The normalized spacial score (nSPS) is 18.0. The first-order valence-corrected chi connectivity index (χ1v) is 13.5. The van der Waals surface area contributed by atoms with E-state index in [0.717, 1.165) is 35.9 Å². The fourth-order valence-corrected chi connectivity index (χ4v) is 7.01. The van der Waals surface area contributed by atoms with Gasteiger partial charge in [-0.25, -0.2) is 8.42 Å². The van der Waals surface area contributed by atoms with Gasteiger partial charge in [-0.3, -0.25) is 4.79 Å². The molecule has 174 valence electrons. The summed E-state index contributed by atoms with van der Waals surface area (Å²) >= 11 is 1.47. The van der Waals surface area contributed by atoms with Gasteiger partial charge >= 0.3 is 0 Å². The Morgan fingerprint density at radius 3 is 2.64 bits per heavy atom. The minimum absolute atomic E-state index is 0.0125. The number of rotatable bonds is 6. The molecule has 4 rings (SSSR count). The lowest BCUT2D eigenvalue weighted by Crippen LogP contribution is -2.41. The first-order chi connectivity index (χ1) is 15.8. The number of aryl methyl sites for hydroxylation is 1. The number of amides is 1. The number of sulfonamides is 1. The second kappa shape index (κ2) is 9.75. The quantitative estimate of drug-likeness (QED) is 0.475. The van der Waals surface area contributed by atoms with Crippen LogP contribution in [-0.4, -0.2) is 35.8 Å². The molecule has 1 aliphatic heterocycles. The van der Waals surface area contributed by atoms with E-state index in [9.17, 15) is 13.2 Å². The lowest BCUT2D eigenvalue weighted by Gasteiger charge is -2.32. The van der Waals surface area contributed by atoms with Crippen LogP contribution in [0.25, 0.3) is 10.2 Å². The molecule has 1 atom stereocenters. The van der Waals surface area contributed by atoms with Gasteiger partial charge in [0.25, 0.3) is 5.91 Å². The maximum atomic E-state index is 13.0. The highest BCUT2D eigenvalue weighted by atomic mass is 32.2. The van der Waals surface area contributed by atoms with Gasteiger partial charge < -0.3 is 4.57 Å². The van der Waals surface area contributed by atoms with Gasteiger partial charge in [-0.15, -0.1) is 6.58 Å². The number of hydrogen-bond acceptors (Lipinski definition) is 4. The SMILES string of the molecule is C=CCn1c(=NC(=O)c2ccc(S(=O)(=O)N3CCCCC3C)cc2)sc2cc(CC)ccc21. The van der Waals surface area contributed by atoms with Crippen molar-refractivity contribution in [1.29, 1.82) is 0 Å². The van der Waals surface area contributed by atoms with Crippen LogP contribution >= 0.6 is 11.3 Å². The van der Waals surface area contributed by atoms with Crippen molar-refractivity contribution in [2.24, 2.45) is 4.99 Å². The molecular formula is C25H29N3O3S2. The van der Waals surface area contributed by atoms with Crippen molar-refractivity contribution in [3.8, 4) is 0 Å². The highest BCUT2D eigenvalue weighted by Gasteiger charge is 2.30. The Morgan fingerprint density at radius 2 is 1.97 bits per heavy atom. The molecule has 0 radical (unpaired) electrons. The zero-order valence-corrected chi connectivity index (χ0v) is 20.7. The molecule has 1 aromatic heterocycles. The molecule has 0 bridgehead atoms. The van der Waals surface area contributed by atoms with E-state index in [2.05, 4.69) is 36.7 Å². The summed E-state index contributed by atoms with van der Waals surface area (Å²) in [5.41, 5.74) is 2.60. The van der Waals surface area contributed by atoms with Crippen molar-refractivity contribution < 1.29 is 13.2 Å². The van der Waals surface area contributed by atoms with Gasteiger partial charge in [0.2, 0.25) is 10.0 Å². The largest absolute Gasteiger partial charge is 0.312 e. The Hall–Kier alpha value is -2.55. The van der Waals surface area contributed by atoms with Crippen LogP contribution in [-0.2, 0) is 23.0 Å². The number of nitrogens with zero attached hydrogens (tertiary/aromatic N) is 3. The van der Waals surface area contributed by atoms with E-state index in [-0.39, 0.29) is 10.9 Å². The predicted octanol–water partition coefficient (Wildman–Crippen LogP) is 4.76. The first-order valence-electron chi connectivity index (χ1n) is 11.3. The van der Waals surface area contributed by atoms with Gasteiger partial charge in [-0.1, -0.05) is 36.8 Å². The number of aromatic nitrogens is 1. The van der Waals surface area contributed by atoms with Gasteiger partial charge in [0, 0.05) is 24.7 Å². The van der Waals surface area contributed by atoms with Crippen LogP contribution in [0, 0.1) is 0 Å². The van der Waals surface area contributed by atoms with Crippen molar-refractivity contribution in [3.05, 3.63) is 71.0 Å². The lowest BCUT2D eigenvalue weighted by molar-refractivity contribution is 0.0997. The van der Waals surface area contributed by atoms with Gasteiger partial charge in [0.05, 0.1) is 15.1 Å². The van der Waals surface area contributed by atoms with Crippen molar-refractivity contribution in [2.45, 2.75) is 57.0 Å². The molecule has 3 aromatic rings. The minimum atomic E-state index is -3.57. The summed E-state index contributed by atoms with van der Waals surface area (Å²) in [5, 5.41) is 0. The third-order valence-corrected chi connectivity index (χ3v) is 9.18. The van der Waals surface area contributed by atoms with Crippen molar-refractivity contribution in [2.75, 3.05) is 6.54 Å². The topological polar surface area (TPSA) is 71.7 Å². The Balaban J connectivity index is 1.66. The maximum Gasteiger partial charge on any atom is 0.279 e. The summed E-state index contributed by atoms with van der Waals surface area (Å²) in [6, 6.07) is 12.4. The summed E-state index contributed by atoms with van der Waals surface area (Å²) in [6.07, 6.45) is 5.51. The predicted molar refractivity (Wildman–Crippen MR) is 133 cm³/mol. The molecule has 0 saturated carbocycles.